The van der Waals surface area contributed by atoms with Crippen LogP contribution in [-0.2, 0) is 29.4 Å². The van der Waals surface area contributed by atoms with Crippen LogP contribution in [0.1, 0.15) is 40.9 Å². The molecule has 0 saturated carbocycles. The van der Waals surface area contributed by atoms with Gasteiger partial charge >= 0.3 is 0 Å². The molecule has 0 aliphatic rings. The van der Waals surface area contributed by atoms with Crippen LogP contribution >= 0.6 is 11.6 Å². The number of nitrogens with one attached hydrogen (secondary N) is 1. The van der Waals surface area contributed by atoms with E-state index >= 15 is 0 Å². The van der Waals surface area contributed by atoms with Gasteiger partial charge in [-0.15, -0.1) is 0 Å². The average Bonchev–Trinajstić information content (AvgIpc) is 2.84. The molecule has 8 heteroatoms. The van der Waals surface area contributed by atoms with Crippen molar-refractivity contribution in [3.63, 3.8) is 0 Å². The highest BCUT2D eigenvalue weighted by Crippen LogP contribution is 2.27. The van der Waals surface area contributed by atoms with Crippen LogP contribution in [0.5, 0.6) is 5.75 Å². The topological polar surface area (TPSA) is 75.7 Å². The van der Waals surface area contributed by atoms with Gasteiger partial charge in [0.15, 0.2) is 0 Å². The fraction of sp³-hybridized carbons (Fsp3) is 0.269. The van der Waals surface area contributed by atoms with Crippen molar-refractivity contribution in [2.75, 3.05) is 19.5 Å². The van der Waals surface area contributed by atoms with E-state index < -0.39 is 10.0 Å². The van der Waals surface area contributed by atoms with Crippen molar-refractivity contribution in [3.8, 4) is 5.75 Å². The largest absolute Gasteiger partial charge is 0.496 e. The number of carbonyl (C=O) groups is 1. The van der Waals surface area contributed by atoms with E-state index in [1.807, 2.05) is 32.0 Å². The maximum atomic E-state index is 13.1. The van der Waals surface area contributed by atoms with E-state index in [4.69, 9.17) is 16.3 Å². The van der Waals surface area contributed by atoms with Crippen LogP contribution in [0.15, 0.2) is 65.6 Å². The highest BCUT2D eigenvalue weighted by molar-refractivity contribution is 7.89. The number of aryl methyl sites for hydroxylation is 2. The van der Waals surface area contributed by atoms with Crippen LogP contribution in [0.2, 0.25) is 5.02 Å². The molecule has 1 amide bonds. The third kappa shape index (κ3) is 5.60. The third-order valence-electron chi connectivity index (χ3n) is 5.69. The minimum absolute atomic E-state index is 0.0288. The molecule has 0 aromatic heterocycles. The van der Waals surface area contributed by atoms with Gasteiger partial charge in [0.1, 0.15) is 5.75 Å². The molecule has 0 heterocycles. The highest BCUT2D eigenvalue weighted by atomic mass is 35.5. The summed E-state index contributed by atoms with van der Waals surface area (Å²) in [6.45, 7) is 4.13. The lowest BCUT2D eigenvalue weighted by Crippen LogP contribution is -2.27. The molecule has 6 nitrogen and oxygen atoms in total. The lowest BCUT2D eigenvalue weighted by Gasteiger charge is -2.20. The van der Waals surface area contributed by atoms with E-state index in [0.717, 1.165) is 29.7 Å². The second kappa shape index (κ2) is 11.0. The van der Waals surface area contributed by atoms with Crippen molar-refractivity contribution in [2.45, 2.75) is 38.1 Å². The number of halogens is 1. The van der Waals surface area contributed by atoms with Crippen molar-refractivity contribution in [2.24, 2.45) is 0 Å². The fourth-order valence-corrected chi connectivity index (χ4v) is 5.02. The van der Waals surface area contributed by atoms with Gasteiger partial charge < -0.3 is 10.1 Å². The standard InChI is InChI=1S/C26H29ClN2O4S/c1-5-18-8-7-9-19(6-2)25(18)28-26(30)20-10-15-24(33-4)21(16-20)17-29(3)34(31,32)23-13-11-22(27)12-14-23/h7-16H,5-6,17H2,1-4H3,(H,28,30). The zero-order chi connectivity index (χ0) is 24.9. The number of ether oxygens (including phenoxy) is 1. The quantitative estimate of drug-likeness (QED) is 0.418. The van der Waals surface area contributed by atoms with Gasteiger partial charge in [-0.1, -0.05) is 43.6 Å². The number of hydrogen-bond donors (Lipinski definition) is 1. The molecule has 3 aromatic rings. The Kier molecular flexibility index (Phi) is 8.36. The summed E-state index contributed by atoms with van der Waals surface area (Å²) in [4.78, 5) is 13.3. The lowest BCUT2D eigenvalue weighted by molar-refractivity contribution is 0.102. The molecule has 0 aliphatic carbocycles. The van der Waals surface area contributed by atoms with Crippen molar-refractivity contribution in [1.29, 1.82) is 0 Å². The molecule has 1 N–H and O–H groups in total. The summed E-state index contributed by atoms with van der Waals surface area (Å²) in [6.07, 6.45) is 1.59. The molecule has 0 atom stereocenters. The Morgan fingerprint density at radius 1 is 0.971 bits per heavy atom. The fourth-order valence-electron chi connectivity index (χ4n) is 3.74. The summed E-state index contributed by atoms with van der Waals surface area (Å²) in [5.74, 6) is 0.237. The minimum atomic E-state index is -3.76. The second-order valence-electron chi connectivity index (χ2n) is 7.85. The molecule has 0 spiro atoms. The van der Waals surface area contributed by atoms with E-state index in [1.54, 1.807) is 18.2 Å². The number of carbonyl (C=O) groups excluding carboxylic acids is 1. The molecule has 0 unspecified atom stereocenters. The Morgan fingerprint density at radius 3 is 2.15 bits per heavy atom. The summed E-state index contributed by atoms with van der Waals surface area (Å²) >= 11 is 5.89. The summed E-state index contributed by atoms with van der Waals surface area (Å²) < 4.78 is 32.7. The SMILES string of the molecule is CCc1cccc(CC)c1NC(=O)c1ccc(OC)c(CN(C)S(=O)(=O)c2ccc(Cl)cc2)c1. The van der Waals surface area contributed by atoms with Gasteiger partial charge in [-0.05, 0) is 66.4 Å². The van der Waals surface area contributed by atoms with Crippen molar-refractivity contribution in [1.82, 2.24) is 4.31 Å². The molecule has 34 heavy (non-hydrogen) atoms. The number of amides is 1. The molecule has 0 radical (unpaired) electrons. The van der Waals surface area contributed by atoms with Gasteiger partial charge in [-0.25, -0.2) is 8.42 Å². The summed E-state index contributed by atoms with van der Waals surface area (Å²) in [5, 5.41) is 3.51. The first-order valence-electron chi connectivity index (χ1n) is 11.0. The second-order valence-corrected chi connectivity index (χ2v) is 10.3. The van der Waals surface area contributed by atoms with Gasteiger partial charge in [0.25, 0.3) is 5.91 Å². The molecule has 180 valence electrons. The number of rotatable bonds is 9. The first-order valence-corrected chi connectivity index (χ1v) is 12.8. The van der Waals surface area contributed by atoms with Gasteiger partial charge in [0.2, 0.25) is 10.0 Å². The van der Waals surface area contributed by atoms with Crippen molar-refractivity contribution < 1.29 is 17.9 Å². The van der Waals surface area contributed by atoms with E-state index in [-0.39, 0.29) is 17.3 Å². The van der Waals surface area contributed by atoms with Crippen molar-refractivity contribution >= 4 is 33.2 Å². The first-order chi connectivity index (χ1) is 16.2. The summed E-state index contributed by atoms with van der Waals surface area (Å²) in [6, 6.07) is 17.0. The smallest absolute Gasteiger partial charge is 0.255 e. The third-order valence-corrected chi connectivity index (χ3v) is 7.76. The number of para-hydroxylation sites is 1. The number of anilines is 1. The van der Waals surface area contributed by atoms with Gasteiger partial charge in [-0.2, -0.15) is 4.31 Å². The number of methoxy groups -OCH3 is 1. The minimum Gasteiger partial charge on any atom is -0.496 e. The predicted octanol–water partition coefficient (Wildman–Crippen LogP) is 5.55. The average molecular weight is 501 g/mol. The van der Waals surface area contributed by atoms with Gasteiger partial charge in [-0.3, -0.25) is 4.79 Å². The number of nitrogens with zero attached hydrogens (tertiary/aromatic N) is 1. The maximum Gasteiger partial charge on any atom is 0.255 e. The monoisotopic (exact) mass is 500 g/mol. The van der Waals surface area contributed by atoms with Crippen LogP contribution in [0.3, 0.4) is 0 Å². The van der Waals surface area contributed by atoms with Crippen LogP contribution in [0.4, 0.5) is 5.69 Å². The van der Waals surface area contributed by atoms with Crippen LogP contribution < -0.4 is 10.1 Å². The zero-order valence-corrected chi connectivity index (χ0v) is 21.3. The van der Waals surface area contributed by atoms with Gasteiger partial charge in [0.05, 0.1) is 12.0 Å². The summed E-state index contributed by atoms with van der Waals surface area (Å²) in [5.41, 5.74) is 3.96. The number of sulfonamides is 1. The zero-order valence-electron chi connectivity index (χ0n) is 19.8. The molecule has 0 saturated heterocycles. The molecular weight excluding hydrogens is 472 g/mol. The van der Waals surface area contributed by atoms with Crippen LogP contribution in [-0.4, -0.2) is 32.8 Å². The molecule has 0 aliphatic heterocycles. The Bertz CT molecular complexity index is 1250. The summed E-state index contributed by atoms with van der Waals surface area (Å²) in [7, 11) is -0.762. The van der Waals surface area contributed by atoms with E-state index in [2.05, 4.69) is 5.32 Å². The molecule has 3 rings (SSSR count). The maximum absolute atomic E-state index is 13.1. The van der Waals surface area contributed by atoms with E-state index in [0.29, 0.717) is 21.9 Å². The highest BCUT2D eigenvalue weighted by Gasteiger charge is 2.23. The Morgan fingerprint density at radius 2 is 1.59 bits per heavy atom. The van der Waals surface area contributed by atoms with Crippen LogP contribution in [0.25, 0.3) is 0 Å². The lowest BCUT2D eigenvalue weighted by atomic mass is 10.0. The Balaban J connectivity index is 1.89. The van der Waals surface area contributed by atoms with E-state index in [9.17, 15) is 13.2 Å². The predicted molar refractivity (Wildman–Crippen MR) is 136 cm³/mol. The number of benzene rings is 3. The normalized spacial score (nSPS) is 11.5. The molecule has 0 bridgehead atoms. The van der Waals surface area contributed by atoms with E-state index in [1.165, 1.54) is 42.7 Å². The first kappa shape index (κ1) is 25.7. The molecular formula is C26H29ClN2O4S. The number of hydrogen-bond acceptors (Lipinski definition) is 4. The van der Waals surface area contributed by atoms with Crippen LogP contribution in [0, 0.1) is 0 Å². The Hall–Kier alpha value is -2.87. The van der Waals surface area contributed by atoms with Gasteiger partial charge in [0, 0.05) is 35.4 Å². The molecule has 0 fully saturated rings. The Labute approximate surface area is 206 Å². The molecule has 3 aromatic carbocycles. The van der Waals surface area contributed by atoms with Crippen molar-refractivity contribution in [3.05, 3.63) is 87.9 Å².